The summed E-state index contributed by atoms with van der Waals surface area (Å²) < 4.78 is 121. The molecule has 2 N–H and O–H groups in total. The van der Waals surface area contributed by atoms with E-state index >= 15 is 4.39 Å². The van der Waals surface area contributed by atoms with Gasteiger partial charge in [-0.3, -0.25) is 23.7 Å². The number of aliphatic hydroxyl groups excluding tert-OH is 1. The molecule has 1 aromatic carbocycles. The van der Waals surface area contributed by atoms with Crippen LogP contribution in [0.4, 0.5) is 30.7 Å². The fourth-order valence-electron chi connectivity index (χ4n) is 3.68. The van der Waals surface area contributed by atoms with Gasteiger partial charge < -0.3 is 23.9 Å². The maximum Gasteiger partial charge on any atom is 0.434 e. The number of halogens is 7. The molecule has 1 saturated heterocycles. The molecule has 3 rings (SSSR count). The Bertz CT molecular complexity index is 1370. The van der Waals surface area contributed by atoms with Crippen LogP contribution in [0.2, 0.25) is 0 Å². The van der Waals surface area contributed by atoms with Gasteiger partial charge >= 0.3 is 24.0 Å². The van der Waals surface area contributed by atoms with Crippen molar-refractivity contribution in [3.8, 4) is 5.75 Å². The first-order valence-electron chi connectivity index (χ1n) is 11.7. The van der Waals surface area contributed by atoms with Crippen molar-refractivity contribution in [3.05, 3.63) is 63.4 Å². The second kappa shape index (κ2) is 12.5. The van der Waals surface area contributed by atoms with E-state index in [-0.39, 0.29) is 10.6 Å². The van der Waals surface area contributed by atoms with Crippen LogP contribution in [-0.2, 0) is 23.4 Å². The molecule has 234 valence electrons. The van der Waals surface area contributed by atoms with Crippen molar-refractivity contribution in [3.63, 3.8) is 0 Å². The minimum Gasteiger partial charge on any atom is -0.441 e. The summed E-state index contributed by atoms with van der Waals surface area (Å²) in [5.41, 5.74) is -4.59. The van der Waals surface area contributed by atoms with Gasteiger partial charge in [0, 0.05) is 12.3 Å². The molecule has 1 aliphatic heterocycles. The number of hydrogen-bond acceptors (Lipinski definition) is 9. The van der Waals surface area contributed by atoms with Crippen LogP contribution in [0.5, 0.6) is 5.75 Å². The summed E-state index contributed by atoms with van der Waals surface area (Å²) in [6.07, 6.45) is -21.2. The molecular weight excluding hydrogens is 614 g/mol. The minimum absolute atomic E-state index is 0.145. The molecule has 2 heterocycles. The first-order valence-corrected chi connectivity index (χ1v) is 13.0. The third-order valence-corrected chi connectivity index (χ3v) is 7.09. The largest absolute Gasteiger partial charge is 0.441 e. The predicted molar refractivity (Wildman–Crippen MR) is 126 cm³/mol. The lowest BCUT2D eigenvalue weighted by Crippen LogP contribution is -2.49. The Labute approximate surface area is 231 Å². The molecular formula is C22H23F7N3O9P. The molecule has 0 radical (unpaired) electrons. The van der Waals surface area contributed by atoms with Crippen LogP contribution in [0.25, 0.3) is 0 Å². The average molecular weight is 637 g/mol. The lowest BCUT2D eigenvalue weighted by molar-refractivity contribution is -0.314. The van der Waals surface area contributed by atoms with Gasteiger partial charge in [-0.05, 0) is 26.0 Å². The van der Waals surface area contributed by atoms with E-state index in [0.29, 0.717) is 4.57 Å². The molecule has 0 spiro atoms. The number of para-hydroxylation sites is 1. The van der Waals surface area contributed by atoms with E-state index in [2.05, 4.69) is 4.74 Å². The van der Waals surface area contributed by atoms with Gasteiger partial charge in [0.2, 0.25) is 0 Å². The van der Waals surface area contributed by atoms with E-state index < -0.39 is 80.6 Å². The van der Waals surface area contributed by atoms with Gasteiger partial charge in [-0.1, -0.05) is 23.0 Å². The Morgan fingerprint density at radius 2 is 1.76 bits per heavy atom. The summed E-state index contributed by atoms with van der Waals surface area (Å²) in [6, 6.07) is 5.43. The maximum atomic E-state index is 15.4. The molecule has 0 amide bonds. The van der Waals surface area contributed by atoms with Crippen LogP contribution in [0.15, 0.2) is 52.2 Å². The molecule has 0 bridgehead atoms. The lowest BCUT2D eigenvalue weighted by atomic mass is 9.98. The van der Waals surface area contributed by atoms with Crippen LogP contribution in [0.3, 0.4) is 0 Å². The molecule has 42 heavy (non-hydrogen) atoms. The first kappa shape index (κ1) is 33.3. The minimum atomic E-state index is -6.03. The van der Waals surface area contributed by atoms with E-state index in [1.165, 1.54) is 30.3 Å². The second-order valence-electron chi connectivity index (χ2n) is 9.02. The average Bonchev–Trinajstić information content (AvgIpc) is 3.11. The number of nitrogens with one attached hydrogen (secondary N) is 1. The fourth-order valence-corrected chi connectivity index (χ4v) is 4.71. The van der Waals surface area contributed by atoms with Crippen LogP contribution >= 0.6 is 8.18 Å². The second-order valence-corrected chi connectivity index (χ2v) is 10.3. The molecule has 1 aliphatic rings. The van der Waals surface area contributed by atoms with Gasteiger partial charge in [0.1, 0.15) is 24.0 Å². The highest BCUT2D eigenvalue weighted by Gasteiger charge is 2.60. The van der Waals surface area contributed by atoms with Gasteiger partial charge in [0.25, 0.3) is 19.8 Å². The quantitative estimate of drug-likeness (QED) is 0.172. The van der Waals surface area contributed by atoms with Crippen LogP contribution in [-0.4, -0.2) is 74.4 Å². The standard InChI is InChI=1S/C22H23F7N3O9P/c1-11(16(35)40-17(21(24,25)26)22(27,28)29)32(41-12-6-4-3-5-7-12)42(37)38-10-13-15(34)20(2,23)18(39-13)31-9-8-14(33)30-19(31)36/h3-9,11,13,15,17-18,34,42H,10H2,1-2H3,(H,30,33,36)/t11?,13-,15-,18-,20-/m1/s1. The number of aromatic amines is 1. The third-order valence-electron chi connectivity index (χ3n) is 5.84. The highest BCUT2D eigenvalue weighted by atomic mass is 31.1. The van der Waals surface area contributed by atoms with Crippen molar-refractivity contribution in [2.24, 2.45) is 0 Å². The SMILES string of the molecule is CC(C(=O)OC(C(F)(F)F)C(F)(F)F)N(Oc1ccccc1)[PH](=O)OC[C@H]1O[C@@H](n2ccc(=O)[nH]c2=O)[C@](C)(F)[C@@H]1O. The zero-order chi connectivity index (χ0) is 31.6. The first-order chi connectivity index (χ1) is 19.3. The highest BCUT2D eigenvalue weighted by Crippen LogP contribution is 2.43. The molecule has 12 nitrogen and oxygen atoms in total. The van der Waals surface area contributed by atoms with Gasteiger partial charge in [0.05, 0.1) is 6.61 Å². The Balaban J connectivity index is 1.80. The van der Waals surface area contributed by atoms with Crippen molar-refractivity contribution in [1.82, 2.24) is 14.4 Å². The summed E-state index contributed by atoms with van der Waals surface area (Å²) in [4.78, 5) is 43.0. The van der Waals surface area contributed by atoms with Gasteiger partial charge in [-0.25, -0.2) is 9.18 Å². The molecule has 6 atom stereocenters. The van der Waals surface area contributed by atoms with Crippen LogP contribution in [0, 0.1) is 0 Å². The number of carbonyl (C=O) groups is 1. The van der Waals surface area contributed by atoms with Crippen molar-refractivity contribution < 1.29 is 64.0 Å². The topological polar surface area (TPSA) is 149 Å². The van der Waals surface area contributed by atoms with E-state index in [4.69, 9.17) is 14.1 Å². The number of hydroxylamine groups is 1. The number of esters is 1. The number of alkyl halides is 7. The van der Waals surface area contributed by atoms with Crippen molar-refractivity contribution in [2.45, 2.75) is 62.5 Å². The summed E-state index contributed by atoms with van der Waals surface area (Å²) >= 11 is 0. The molecule has 0 saturated carbocycles. The summed E-state index contributed by atoms with van der Waals surface area (Å²) in [5.74, 6) is -2.31. The van der Waals surface area contributed by atoms with Crippen LogP contribution in [0.1, 0.15) is 20.1 Å². The molecule has 0 aliphatic carbocycles. The third kappa shape index (κ3) is 7.57. The van der Waals surface area contributed by atoms with Crippen molar-refractivity contribution >= 4 is 14.1 Å². The van der Waals surface area contributed by atoms with Crippen LogP contribution < -0.4 is 16.1 Å². The smallest absolute Gasteiger partial charge is 0.434 e. The van der Waals surface area contributed by atoms with E-state index in [1.807, 2.05) is 4.98 Å². The highest BCUT2D eigenvalue weighted by molar-refractivity contribution is 7.36. The number of rotatable bonds is 10. The Morgan fingerprint density at radius 1 is 1.17 bits per heavy atom. The van der Waals surface area contributed by atoms with Gasteiger partial charge in [-0.2, -0.15) is 26.3 Å². The number of H-pyrrole nitrogens is 1. The Kier molecular flexibility index (Phi) is 9.93. The Morgan fingerprint density at radius 3 is 2.31 bits per heavy atom. The fraction of sp³-hybridized carbons (Fsp3) is 0.500. The van der Waals surface area contributed by atoms with E-state index in [0.717, 1.165) is 26.1 Å². The van der Waals surface area contributed by atoms with Crippen molar-refractivity contribution in [1.29, 1.82) is 0 Å². The molecule has 2 unspecified atom stereocenters. The van der Waals surface area contributed by atoms with E-state index in [1.54, 1.807) is 0 Å². The number of aromatic nitrogens is 2. The monoisotopic (exact) mass is 637 g/mol. The summed E-state index contributed by atoms with van der Waals surface area (Å²) in [7, 11) is -3.95. The summed E-state index contributed by atoms with van der Waals surface area (Å²) in [5, 5.41) is 10.4. The maximum absolute atomic E-state index is 15.4. The zero-order valence-corrected chi connectivity index (χ0v) is 22.4. The number of ether oxygens (including phenoxy) is 2. The summed E-state index contributed by atoms with van der Waals surface area (Å²) in [6.45, 7) is 0.639. The Hall–Kier alpha value is -3.25. The van der Waals surface area contributed by atoms with Gasteiger partial charge in [-0.15, -0.1) is 0 Å². The van der Waals surface area contributed by atoms with Crippen molar-refractivity contribution in [2.75, 3.05) is 6.61 Å². The molecule has 1 aromatic heterocycles. The van der Waals surface area contributed by atoms with Gasteiger partial charge in [0.15, 0.2) is 11.9 Å². The normalized spacial score (nSPS) is 24.5. The molecule has 20 heteroatoms. The number of aliphatic hydroxyl groups is 1. The lowest BCUT2D eigenvalue weighted by Gasteiger charge is -2.29. The van der Waals surface area contributed by atoms with E-state index in [9.17, 15) is 50.4 Å². The number of nitrogens with zero attached hydrogens (tertiary/aromatic N) is 2. The number of hydrogen-bond donors (Lipinski definition) is 2. The number of benzene rings is 1. The number of carbonyl (C=O) groups excluding carboxylic acids is 1. The zero-order valence-electron chi connectivity index (χ0n) is 21.4. The molecule has 2 aromatic rings. The predicted octanol–water partition coefficient (Wildman–Crippen LogP) is 2.65. The molecule has 1 fully saturated rings.